The van der Waals surface area contributed by atoms with E-state index in [1.165, 1.54) is 60.9 Å². The van der Waals surface area contributed by atoms with Crippen LogP contribution in [0.3, 0.4) is 0 Å². The lowest BCUT2D eigenvalue weighted by atomic mass is 9.94. The summed E-state index contributed by atoms with van der Waals surface area (Å²) in [7, 11) is 0. The average Bonchev–Trinajstić information content (AvgIpc) is 2.91. The Morgan fingerprint density at radius 3 is 2.30 bits per heavy atom. The van der Waals surface area contributed by atoms with Gasteiger partial charge in [0.15, 0.2) is 0 Å². The maximum absolute atomic E-state index is 13.5. The van der Waals surface area contributed by atoms with Crippen LogP contribution in [0.25, 0.3) is 6.08 Å². The van der Waals surface area contributed by atoms with Gasteiger partial charge in [-0.2, -0.15) is 13.2 Å². The molecule has 0 bridgehead atoms. The molecule has 0 unspecified atom stereocenters. The van der Waals surface area contributed by atoms with Gasteiger partial charge in [-0.05, 0) is 48.7 Å². The third-order valence-corrected chi connectivity index (χ3v) is 8.50. The number of anilines is 1. The lowest BCUT2D eigenvalue weighted by molar-refractivity contribution is -0.137. The van der Waals surface area contributed by atoms with Crippen molar-refractivity contribution in [2.45, 2.75) is 49.2 Å². The van der Waals surface area contributed by atoms with Crippen LogP contribution in [-0.2, 0) is 15.8 Å². The standard InChI is InChI=1S/C28H30F3N3O2S/c29-28(30,31)21-12-10-20(11-13-21)18-25-27(36)34(23-8-4-5-9-24(23)37-25)19-26(35)33-16-14-32(15-17-33)22-6-2-1-3-7-22/h4-5,8-13,18,22H,1-3,6-7,14-17,19H2/b25-18-. The summed E-state index contributed by atoms with van der Waals surface area (Å²) < 4.78 is 38.8. The van der Waals surface area contributed by atoms with Crippen LogP contribution in [0.1, 0.15) is 43.2 Å². The minimum Gasteiger partial charge on any atom is -0.339 e. The molecule has 1 saturated heterocycles. The van der Waals surface area contributed by atoms with Crippen LogP contribution in [0.4, 0.5) is 18.9 Å². The molecule has 0 N–H and O–H groups in total. The van der Waals surface area contributed by atoms with Crippen LogP contribution in [-0.4, -0.2) is 60.4 Å². The number of piperazine rings is 1. The van der Waals surface area contributed by atoms with Gasteiger partial charge in [0.05, 0.1) is 16.2 Å². The molecular weight excluding hydrogens is 499 g/mol. The van der Waals surface area contributed by atoms with E-state index in [0.717, 1.165) is 30.1 Å². The molecule has 1 aliphatic carbocycles. The first-order chi connectivity index (χ1) is 17.8. The Morgan fingerprint density at radius 2 is 1.62 bits per heavy atom. The van der Waals surface area contributed by atoms with E-state index >= 15 is 0 Å². The summed E-state index contributed by atoms with van der Waals surface area (Å²) >= 11 is 1.27. The van der Waals surface area contributed by atoms with E-state index < -0.39 is 11.7 Å². The van der Waals surface area contributed by atoms with Gasteiger partial charge in [-0.1, -0.05) is 55.3 Å². The Morgan fingerprint density at radius 1 is 0.946 bits per heavy atom. The van der Waals surface area contributed by atoms with Crippen LogP contribution in [0, 0.1) is 0 Å². The van der Waals surface area contributed by atoms with Crippen LogP contribution >= 0.6 is 11.8 Å². The number of rotatable bonds is 4. The Hall–Kier alpha value is -2.78. The van der Waals surface area contributed by atoms with E-state index in [2.05, 4.69) is 4.90 Å². The van der Waals surface area contributed by atoms with Crippen LogP contribution < -0.4 is 4.90 Å². The van der Waals surface area contributed by atoms with Crippen molar-refractivity contribution in [2.24, 2.45) is 0 Å². The maximum Gasteiger partial charge on any atom is 0.416 e. The zero-order valence-corrected chi connectivity index (χ0v) is 21.4. The van der Waals surface area contributed by atoms with Gasteiger partial charge in [0.1, 0.15) is 6.54 Å². The highest BCUT2D eigenvalue weighted by molar-refractivity contribution is 8.04. The van der Waals surface area contributed by atoms with Crippen molar-refractivity contribution in [3.8, 4) is 0 Å². The fourth-order valence-corrected chi connectivity index (χ4v) is 6.42. The predicted molar refractivity (Wildman–Crippen MR) is 139 cm³/mol. The first kappa shape index (κ1) is 25.9. The van der Waals surface area contributed by atoms with E-state index in [-0.39, 0.29) is 18.4 Å². The van der Waals surface area contributed by atoms with Crippen LogP contribution in [0.5, 0.6) is 0 Å². The maximum atomic E-state index is 13.5. The number of fused-ring (bicyclic) bond motifs is 1. The molecule has 2 heterocycles. The van der Waals surface area contributed by atoms with Crippen molar-refractivity contribution in [3.63, 3.8) is 0 Å². The molecule has 1 saturated carbocycles. The van der Waals surface area contributed by atoms with Crippen molar-refractivity contribution in [2.75, 3.05) is 37.6 Å². The zero-order valence-electron chi connectivity index (χ0n) is 20.5. The van der Waals surface area contributed by atoms with Gasteiger partial charge in [0, 0.05) is 37.1 Å². The van der Waals surface area contributed by atoms with Gasteiger partial charge < -0.3 is 4.90 Å². The van der Waals surface area contributed by atoms with Crippen LogP contribution in [0.2, 0.25) is 0 Å². The molecule has 2 fully saturated rings. The Labute approximate surface area is 219 Å². The number of carbonyl (C=O) groups is 2. The average molecular weight is 530 g/mol. The van der Waals surface area contributed by atoms with Crippen molar-refractivity contribution in [3.05, 3.63) is 64.6 Å². The fourth-order valence-electron chi connectivity index (χ4n) is 5.36. The molecule has 2 aromatic carbocycles. The molecule has 0 atom stereocenters. The van der Waals surface area contributed by atoms with Crippen molar-refractivity contribution >= 4 is 35.3 Å². The number of amides is 2. The summed E-state index contributed by atoms with van der Waals surface area (Å²) in [6.07, 6.45) is 3.51. The van der Waals surface area contributed by atoms with Crippen molar-refractivity contribution in [1.82, 2.24) is 9.80 Å². The fraction of sp³-hybridized carbons (Fsp3) is 0.429. The van der Waals surface area contributed by atoms with E-state index in [4.69, 9.17) is 0 Å². The summed E-state index contributed by atoms with van der Waals surface area (Å²) in [4.78, 5) is 33.8. The SMILES string of the molecule is O=C(CN1C(=O)/C(=C/c2ccc(C(F)(F)F)cc2)Sc2ccccc21)N1CCN(C2CCCCC2)CC1. The minimum absolute atomic E-state index is 0.0653. The van der Waals surface area contributed by atoms with E-state index in [1.54, 1.807) is 6.08 Å². The second kappa shape index (κ2) is 10.9. The van der Waals surface area contributed by atoms with E-state index in [1.807, 2.05) is 29.2 Å². The second-order valence-electron chi connectivity index (χ2n) is 9.80. The summed E-state index contributed by atoms with van der Waals surface area (Å²) in [5.41, 5.74) is 0.433. The molecule has 196 valence electrons. The highest BCUT2D eigenvalue weighted by atomic mass is 32.2. The summed E-state index contributed by atoms with van der Waals surface area (Å²) in [5, 5.41) is 0. The quantitative estimate of drug-likeness (QED) is 0.480. The smallest absolute Gasteiger partial charge is 0.339 e. The van der Waals surface area contributed by atoms with Crippen molar-refractivity contribution < 1.29 is 22.8 Å². The number of alkyl halides is 3. The van der Waals surface area contributed by atoms with Gasteiger partial charge in [-0.15, -0.1) is 0 Å². The molecule has 0 spiro atoms. The molecular formula is C28H30F3N3O2S. The largest absolute Gasteiger partial charge is 0.416 e. The number of para-hydroxylation sites is 1. The number of halogens is 3. The molecule has 0 radical (unpaired) electrons. The lowest BCUT2D eigenvalue weighted by Crippen LogP contribution is -2.54. The summed E-state index contributed by atoms with van der Waals surface area (Å²) in [5.74, 6) is -0.412. The molecule has 5 nitrogen and oxygen atoms in total. The molecule has 0 aromatic heterocycles. The Bertz CT molecular complexity index is 1170. The highest BCUT2D eigenvalue weighted by Gasteiger charge is 2.34. The minimum atomic E-state index is -4.42. The van der Waals surface area contributed by atoms with E-state index in [9.17, 15) is 22.8 Å². The number of thioether (sulfide) groups is 1. The van der Waals surface area contributed by atoms with Gasteiger partial charge in [-0.25, -0.2) is 0 Å². The topological polar surface area (TPSA) is 43.9 Å². The third kappa shape index (κ3) is 5.88. The Kier molecular flexibility index (Phi) is 7.62. The van der Waals surface area contributed by atoms with Crippen LogP contribution in [0.15, 0.2) is 58.3 Å². The number of nitrogens with zero attached hydrogens (tertiary/aromatic N) is 3. The first-order valence-corrected chi connectivity index (χ1v) is 13.6. The Balaban J connectivity index is 1.30. The third-order valence-electron chi connectivity index (χ3n) is 7.42. The highest BCUT2D eigenvalue weighted by Crippen LogP contribution is 2.42. The second-order valence-corrected chi connectivity index (χ2v) is 10.9. The molecule has 37 heavy (non-hydrogen) atoms. The van der Waals surface area contributed by atoms with Crippen molar-refractivity contribution in [1.29, 1.82) is 0 Å². The summed E-state index contributed by atoms with van der Waals surface area (Å²) in [6.45, 7) is 2.96. The lowest BCUT2D eigenvalue weighted by Gasteiger charge is -2.41. The number of benzene rings is 2. The van der Waals surface area contributed by atoms with Gasteiger partial charge >= 0.3 is 6.18 Å². The summed E-state index contributed by atoms with van der Waals surface area (Å²) in [6, 6.07) is 12.7. The monoisotopic (exact) mass is 529 g/mol. The molecule has 5 rings (SSSR count). The first-order valence-electron chi connectivity index (χ1n) is 12.8. The number of hydrogen-bond acceptors (Lipinski definition) is 4. The molecule has 2 aromatic rings. The number of hydrogen-bond donors (Lipinski definition) is 0. The zero-order chi connectivity index (χ0) is 26.0. The number of carbonyl (C=O) groups excluding carboxylic acids is 2. The molecule has 2 aliphatic heterocycles. The molecule has 2 amide bonds. The van der Waals surface area contributed by atoms with Gasteiger partial charge in [0.2, 0.25) is 5.91 Å². The normalized spacial score (nSPS) is 20.8. The van der Waals surface area contributed by atoms with E-state index in [0.29, 0.717) is 35.3 Å². The predicted octanol–water partition coefficient (Wildman–Crippen LogP) is 5.66. The van der Waals surface area contributed by atoms with Gasteiger partial charge in [0.25, 0.3) is 5.91 Å². The van der Waals surface area contributed by atoms with Gasteiger partial charge in [-0.3, -0.25) is 19.4 Å². The molecule has 3 aliphatic rings. The molecule has 9 heteroatoms.